The second-order valence-electron chi connectivity index (χ2n) is 8.07. The van der Waals surface area contributed by atoms with Gasteiger partial charge in [-0.1, -0.05) is 41.6 Å². The number of fused-ring (bicyclic) bond motifs is 2. The molecule has 1 saturated heterocycles. The van der Waals surface area contributed by atoms with E-state index in [9.17, 15) is 9.59 Å². The number of aryl methyl sites for hydroxylation is 1. The Morgan fingerprint density at radius 1 is 0.875 bits per heavy atom. The first-order chi connectivity index (χ1) is 15.7. The smallest absolute Gasteiger partial charge is 0.216 e. The molecule has 2 aliphatic rings. The first kappa shape index (κ1) is 20.4. The normalized spacial score (nSPS) is 16.1. The Hall–Kier alpha value is -3.52. The number of nitrogens with zero attached hydrogens (tertiary/aromatic N) is 5. The second kappa shape index (κ2) is 8.55. The lowest BCUT2D eigenvalue weighted by Gasteiger charge is -2.36. The zero-order valence-corrected chi connectivity index (χ0v) is 18.0. The minimum absolute atomic E-state index is 0.166. The van der Waals surface area contributed by atoms with Crippen molar-refractivity contribution in [3.63, 3.8) is 0 Å². The number of ether oxygens (including phenoxy) is 1. The number of ketones is 2. The van der Waals surface area contributed by atoms with Gasteiger partial charge >= 0.3 is 0 Å². The molecule has 0 radical (unpaired) electrons. The highest BCUT2D eigenvalue weighted by molar-refractivity contribution is 6.26. The van der Waals surface area contributed by atoms with Crippen LogP contribution in [0.5, 0.6) is 5.75 Å². The first-order valence-electron chi connectivity index (χ1n) is 10.9. The summed E-state index contributed by atoms with van der Waals surface area (Å²) in [5, 5.41) is 8.14. The number of hydrogen-bond acceptors (Lipinski definition) is 7. The average molecular weight is 431 g/mol. The summed E-state index contributed by atoms with van der Waals surface area (Å²) in [6, 6.07) is 15.0. The lowest BCUT2D eigenvalue weighted by atomic mass is 9.90. The number of hydrogen-bond donors (Lipinski definition) is 0. The van der Waals surface area contributed by atoms with E-state index in [1.54, 1.807) is 36.1 Å². The molecule has 1 fully saturated rings. The van der Waals surface area contributed by atoms with Crippen molar-refractivity contribution in [2.45, 2.75) is 13.0 Å². The monoisotopic (exact) mass is 431 g/mol. The Balaban J connectivity index is 1.19. The van der Waals surface area contributed by atoms with Crippen LogP contribution in [0.15, 0.2) is 48.5 Å². The highest BCUT2D eigenvalue weighted by atomic mass is 16.5. The number of anilines is 1. The fourth-order valence-electron chi connectivity index (χ4n) is 4.53. The van der Waals surface area contributed by atoms with Gasteiger partial charge in [-0.2, -0.15) is 0 Å². The molecule has 164 valence electrons. The Kier molecular flexibility index (Phi) is 5.45. The third-order valence-electron chi connectivity index (χ3n) is 6.22. The molecule has 2 aromatic carbocycles. The van der Waals surface area contributed by atoms with Gasteiger partial charge in [0.2, 0.25) is 11.6 Å². The van der Waals surface area contributed by atoms with Crippen LogP contribution in [0.3, 0.4) is 0 Å². The molecule has 0 saturated carbocycles. The predicted octanol–water partition coefficient (Wildman–Crippen LogP) is 2.27. The Labute approximate surface area is 186 Å². The van der Waals surface area contributed by atoms with Crippen molar-refractivity contribution in [3.05, 3.63) is 71.0 Å². The largest absolute Gasteiger partial charge is 0.495 e. The maximum atomic E-state index is 12.9. The van der Waals surface area contributed by atoms with Gasteiger partial charge in [-0.3, -0.25) is 14.5 Å². The van der Waals surface area contributed by atoms with Crippen LogP contribution in [-0.4, -0.2) is 71.3 Å². The number of aromatic nitrogens is 3. The second-order valence-corrected chi connectivity index (χ2v) is 8.07. The lowest BCUT2D eigenvalue weighted by Crippen LogP contribution is -2.46. The van der Waals surface area contributed by atoms with E-state index in [0.29, 0.717) is 23.4 Å². The van der Waals surface area contributed by atoms with Crippen molar-refractivity contribution in [1.29, 1.82) is 0 Å². The summed E-state index contributed by atoms with van der Waals surface area (Å²) < 4.78 is 7.09. The fourth-order valence-corrected chi connectivity index (χ4v) is 4.53. The van der Waals surface area contributed by atoms with Crippen molar-refractivity contribution in [2.75, 3.05) is 44.7 Å². The molecule has 5 rings (SSSR count). The van der Waals surface area contributed by atoms with Gasteiger partial charge in [0, 0.05) is 50.4 Å². The molecule has 0 unspecified atom stereocenters. The summed E-state index contributed by atoms with van der Waals surface area (Å²) in [4.78, 5) is 30.4. The van der Waals surface area contributed by atoms with Crippen molar-refractivity contribution >= 4 is 17.3 Å². The topological polar surface area (TPSA) is 80.6 Å². The summed E-state index contributed by atoms with van der Waals surface area (Å²) in [6.45, 7) is 5.23. The van der Waals surface area contributed by atoms with Crippen molar-refractivity contribution in [3.8, 4) is 5.75 Å². The minimum Gasteiger partial charge on any atom is -0.495 e. The molecule has 0 N–H and O–H groups in total. The van der Waals surface area contributed by atoms with E-state index in [1.165, 1.54) is 0 Å². The SMILES string of the molecule is COc1ccccc1N1CCN(CCCn2nnc3c2C(=O)c2ccccc2C3=O)CC1. The zero-order valence-electron chi connectivity index (χ0n) is 18.0. The van der Waals surface area contributed by atoms with Crippen molar-refractivity contribution in [1.82, 2.24) is 19.9 Å². The van der Waals surface area contributed by atoms with Crippen LogP contribution >= 0.6 is 0 Å². The molecule has 0 bridgehead atoms. The van der Waals surface area contributed by atoms with E-state index in [0.717, 1.165) is 50.6 Å². The van der Waals surface area contributed by atoms with Crippen molar-refractivity contribution < 1.29 is 14.3 Å². The van der Waals surface area contributed by atoms with E-state index < -0.39 is 0 Å². The number of carbonyl (C=O) groups is 2. The molecule has 8 heteroatoms. The van der Waals surface area contributed by atoms with Crippen LogP contribution in [-0.2, 0) is 6.54 Å². The number of carbonyl (C=O) groups excluding carboxylic acids is 2. The van der Waals surface area contributed by atoms with Gasteiger partial charge < -0.3 is 9.64 Å². The molecule has 2 heterocycles. The fraction of sp³-hybridized carbons (Fsp3) is 0.333. The summed E-state index contributed by atoms with van der Waals surface area (Å²) in [5.41, 5.74) is 2.45. The minimum atomic E-state index is -0.228. The Bertz CT molecular complexity index is 1160. The number of methoxy groups -OCH3 is 1. The van der Waals surface area contributed by atoms with Gasteiger partial charge in [-0.05, 0) is 18.6 Å². The Morgan fingerprint density at radius 3 is 2.31 bits per heavy atom. The van der Waals surface area contributed by atoms with E-state index in [-0.39, 0.29) is 17.3 Å². The highest BCUT2D eigenvalue weighted by Crippen LogP contribution is 2.28. The third-order valence-corrected chi connectivity index (χ3v) is 6.22. The summed E-state index contributed by atoms with van der Waals surface area (Å²) in [5.74, 6) is 0.497. The predicted molar refractivity (Wildman–Crippen MR) is 120 cm³/mol. The van der Waals surface area contributed by atoms with Gasteiger partial charge in [0.15, 0.2) is 5.69 Å². The van der Waals surface area contributed by atoms with Crippen LogP contribution in [0.1, 0.15) is 38.5 Å². The standard InChI is InChI=1S/C24H25N5O3/c1-32-20-10-5-4-9-19(20)28-15-13-27(14-16-28)11-6-12-29-22-21(25-26-29)23(30)17-7-2-3-8-18(17)24(22)31/h2-5,7-10H,6,11-16H2,1H3. The molecule has 1 aromatic heterocycles. The molecule has 1 aliphatic heterocycles. The van der Waals surface area contributed by atoms with Crippen LogP contribution in [0.2, 0.25) is 0 Å². The Morgan fingerprint density at radius 2 is 1.56 bits per heavy atom. The molecule has 0 spiro atoms. The number of para-hydroxylation sites is 2. The molecular formula is C24H25N5O3. The molecular weight excluding hydrogens is 406 g/mol. The van der Waals surface area contributed by atoms with Crippen LogP contribution in [0.4, 0.5) is 5.69 Å². The van der Waals surface area contributed by atoms with Crippen molar-refractivity contribution in [2.24, 2.45) is 0 Å². The summed E-state index contributed by atoms with van der Waals surface area (Å²) >= 11 is 0. The van der Waals surface area contributed by atoms with E-state index >= 15 is 0 Å². The summed E-state index contributed by atoms with van der Waals surface area (Å²) in [7, 11) is 1.70. The highest BCUT2D eigenvalue weighted by Gasteiger charge is 2.34. The van der Waals surface area contributed by atoms with E-state index in [1.807, 2.05) is 18.2 Å². The molecule has 32 heavy (non-hydrogen) atoms. The average Bonchev–Trinajstić information content (AvgIpc) is 3.27. The van der Waals surface area contributed by atoms with Crippen LogP contribution in [0.25, 0.3) is 0 Å². The van der Waals surface area contributed by atoms with Gasteiger partial charge in [-0.25, -0.2) is 4.68 Å². The van der Waals surface area contributed by atoms with Crippen LogP contribution in [0, 0.1) is 0 Å². The third kappa shape index (κ3) is 3.56. The number of benzene rings is 2. The van der Waals surface area contributed by atoms with E-state index in [4.69, 9.17) is 4.74 Å². The van der Waals surface area contributed by atoms with Gasteiger partial charge in [0.05, 0.1) is 12.8 Å². The van der Waals surface area contributed by atoms with Crippen LogP contribution < -0.4 is 9.64 Å². The maximum Gasteiger partial charge on any atom is 0.216 e. The quantitative estimate of drug-likeness (QED) is 0.463. The molecule has 8 nitrogen and oxygen atoms in total. The molecule has 3 aromatic rings. The first-order valence-corrected chi connectivity index (χ1v) is 10.9. The number of rotatable bonds is 6. The lowest BCUT2D eigenvalue weighted by molar-refractivity contribution is 0.0970. The molecule has 0 atom stereocenters. The summed E-state index contributed by atoms with van der Waals surface area (Å²) in [6.07, 6.45) is 0.827. The zero-order chi connectivity index (χ0) is 22.1. The van der Waals surface area contributed by atoms with Gasteiger partial charge in [-0.15, -0.1) is 5.10 Å². The molecule has 1 aliphatic carbocycles. The molecule has 0 amide bonds. The van der Waals surface area contributed by atoms with E-state index in [2.05, 4.69) is 26.2 Å². The number of piperazine rings is 1. The van der Waals surface area contributed by atoms with Gasteiger partial charge in [0.1, 0.15) is 11.4 Å². The van der Waals surface area contributed by atoms with Gasteiger partial charge in [0.25, 0.3) is 0 Å². The maximum absolute atomic E-state index is 12.9.